The lowest BCUT2D eigenvalue weighted by molar-refractivity contribution is 0.341. The maximum absolute atomic E-state index is 6.01. The molecule has 32 heavy (non-hydrogen) atoms. The van der Waals surface area contributed by atoms with Crippen molar-refractivity contribution in [3.63, 3.8) is 0 Å². The summed E-state index contributed by atoms with van der Waals surface area (Å²) in [6.07, 6.45) is 4.69. The Balaban J connectivity index is 2.03. The summed E-state index contributed by atoms with van der Waals surface area (Å²) >= 11 is 0. The number of hydrogen-bond acceptors (Lipinski definition) is 3. The maximum atomic E-state index is 6.01. The molecule has 0 aliphatic carbocycles. The van der Waals surface area contributed by atoms with E-state index in [0.717, 1.165) is 41.8 Å². The third kappa shape index (κ3) is 3.65. The monoisotopic (exact) mass is 424 g/mol. The Hall–Kier alpha value is -3.24. The highest BCUT2D eigenvalue weighted by molar-refractivity contribution is 5.50. The molecule has 4 nitrogen and oxygen atoms in total. The average Bonchev–Trinajstić information content (AvgIpc) is 3.36. The Labute approximate surface area is 191 Å². The SMILES string of the molecule is CCC(CC)(CCN)c1ncn(C(c2ccccc2)(c2ccccc2)c2ccccc2)n1. The minimum Gasteiger partial charge on any atom is -0.330 e. The molecule has 2 N–H and O–H groups in total. The van der Waals surface area contributed by atoms with Crippen LogP contribution in [-0.4, -0.2) is 21.3 Å². The van der Waals surface area contributed by atoms with Crippen molar-refractivity contribution in [2.24, 2.45) is 5.73 Å². The van der Waals surface area contributed by atoms with Crippen molar-refractivity contribution in [1.29, 1.82) is 0 Å². The summed E-state index contributed by atoms with van der Waals surface area (Å²) in [5, 5.41) is 5.19. The van der Waals surface area contributed by atoms with E-state index in [1.165, 1.54) is 0 Å². The molecule has 164 valence electrons. The molecule has 0 saturated heterocycles. The second kappa shape index (κ2) is 9.49. The number of nitrogens with two attached hydrogens (primary N) is 1. The van der Waals surface area contributed by atoms with E-state index in [2.05, 4.69) is 110 Å². The van der Waals surface area contributed by atoms with Crippen molar-refractivity contribution in [1.82, 2.24) is 14.8 Å². The van der Waals surface area contributed by atoms with Gasteiger partial charge in [0, 0.05) is 5.41 Å². The van der Waals surface area contributed by atoms with Gasteiger partial charge in [0.25, 0.3) is 0 Å². The van der Waals surface area contributed by atoms with Gasteiger partial charge < -0.3 is 5.73 Å². The number of nitrogens with zero attached hydrogens (tertiary/aromatic N) is 3. The second-order valence-electron chi connectivity index (χ2n) is 8.35. The van der Waals surface area contributed by atoms with Gasteiger partial charge in [0.15, 0.2) is 5.82 Å². The molecule has 4 aromatic rings. The zero-order valence-corrected chi connectivity index (χ0v) is 19.0. The van der Waals surface area contributed by atoms with Crippen molar-refractivity contribution >= 4 is 0 Å². The van der Waals surface area contributed by atoms with E-state index in [1.807, 2.05) is 6.33 Å². The van der Waals surface area contributed by atoms with E-state index < -0.39 is 5.54 Å². The van der Waals surface area contributed by atoms with Crippen LogP contribution in [0.15, 0.2) is 97.3 Å². The van der Waals surface area contributed by atoms with E-state index in [-0.39, 0.29) is 5.41 Å². The van der Waals surface area contributed by atoms with E-state index >= 15 is 0 Å². The third-order valence-electron chi connectivity index (χ3n) is 6.86. The fourth-order valence-corrected chi connectivity index (χ4v) is 4.91. The summed E-state index contributed by atoms with van der Waals surface area (Å²) in [6.45, 7) is 5.04. The molecule has 0 fully saturated rings. The average molecular weight is 425 g/mol. The highest BCUT2D eigenvalue weighted by Gasteiger charge is 2.41. The van der Waals surface area contributed by atoms with Gasteiger partial charge in [0.05, 0.1) is 0 Å². The molecule has 0 bridgehead atoms. The van der Waals surface area contributed by atoms with Crippen LogP contribution in [0.25, 0.3) is 0 Å². The summed E-state index contributed by atoms with van der Waals surface area (Å²) in [4.78, 5) is 4.89. The first-order chi connectivity index (χ1) is 15.7. The molecule has 0 atom stereocenters. The summed E-state index contributed by atoms with van der Waals surface area (Å²) in [5.41, 5.74) is 8.69. The van der Waals surface area contributed by atoms with E-state index in [9.17, 15) is 0 Å². The van der Waals surface area contributed by atoms with E-state index in [1.54, 1.807) is 0 Å². The molecule has 0 spiro atoms. The minimum absolute atomic E-state index is 0.115. The molecule has 4 rings (SSSR count). The van der Waals surface area contributed by atoms with Gasteiger partial charge in [-0.25, -0.2) is 9.67 Å². The van der Waals surface area contributed by atoms with Crippen LogP contribution in [0, 0.1) is 0 Å². The molecule has 0 saturated carbocycles. The molecular weight excluding hydrogens is 392 g/mol. The van der Waals surface area contributed by atoms with Gasteiger partial charge in [-0.2, -0.15) is 5.10 Å². The minimum atomic E-state index is -0.634. The fourth-order valence-electron chi connectivity index (χ4n) is 4.91. The molecule has 3 aromatic carbocycles. The highest BCUT2D eigenvalue weighted by Crippen LogP contribution is 2.41. The Morgan fingerprint density at radius 1 is 0.719 bits per heavy atom. The van der Waals surface area contributed by atoms with Crippen molar-refractivity contribution in [2.45, 2.75) is 44.1 Å². The van der Waals surface area contributed by atoms with Crippen molar-refractivity contribution in [3.05, 3.63) is 120 Å². The predicted octanol–water partition coefficient (Wildman–Crippen LogP) is 5.52. The normalized spacial score (nSPS) is 12.1. The Morgan fingerprint density at radius 2 is 1.16 bits per heavy atom. The van der Waals surface area contributed by atoms with Gasteiger partial charge in [-0.1, -0.05) is 105 Å². The summed E-state index contributed by atoms with van der Waals surface area (Å²) < 4.78 is 2.05. The van der Waals surface area contributed by atoms with E-state index in [0.29, 0.717) is 6.54 Å². The predicted molar refractivity (Wildman–Crippen MR) is 131 cm³/mol. The lowest BCUT2D eigenvalue weighted by Gasteiger charge is -2.36. The molecule has 0 aliphatic heterocycles. The molecule has 4 heteroatoms. The Kier molecular flexibility index (Phi) is 6.52. The Morgan fingerprint density at radius 3 is 1.53 bits per heavy atom. The van der Waals surface area contributed by atoms with Crippen LogP contribution in [0.2, 0.25) is 0 Å². The van der Waals surface area contributed by atoms with Crippen LogP contribution in [0.4, 0.5) is 0 Å². The van der Waals surface area contributed by atoms with Gasteiger partial charge in [-0.05, 0) is 42.5 Å². The van der Waals surface area contributed by atoms with Crippen molar-refractivity contribution in [2.75, 3.05) is 6.54 Å². The van der Waals surface area contributed by atoms with Gasteiger partial charge in [0.2, 0.25) is 0 Å². The van der Waals surface area contributed by atoms with Crippen LogP contribution in [0.5, 0.6) is 0 Å². The first-order valence-corrected chi connectivity index (χ1v) is 11.5. The molecular formula is C28H32N4. The molecule has 1 aromatic heterocycles. The van der Waals surface area contributed by atoms with Gasteiger partial charge in [-0.15, -0.1) is 0 Å². The largest absolute Gasteiger partial charge is 0.330 e. The van der Waals surface area contributed by atoms with Crippen LogP contribution in [0.3, 0.4) is 0 Å². The number of rotatable bonds is 9. The fraction of sp³-hybridized carbons (Fsp3) is 0.286. The van der Waals surface area contributed by atoms with Crippen LogP contribution < -0.4 is 5.73 Å². The number of benzene rings is 3. The summed E-state index contributed by atoms with van der Waals surface area (Å²) in [6, 6.07) is 31.7. The smallest absolute Gasteiger partial charge is 0.156 e. The van der Waals surface area contributed by atoms with Crippen molar-refractivity contribution < 1.29 is 0 Å². The zero-order chi connectivity index (χ0) is 22.4. The first-order valence-electron chi connectivity index (χ1n) is 11.5. The van der Waals surface area contributed by atoms with Gasteiger partial charge >= 0.3 is 0 Å². The van der Waals surface area contributed by atoms with E-state index in [4.69, 9.17) is 15.8 Å². The van der Waals surface area contributed by atoms with Crippen molar-refractivity contribution in [3.8, 4) is 0 Å². The topological polar surface area (TPSA) is 56.7 Å². The zero-order valence-electron chi connectivity index (χ0n) is 19.0. The van der Waals surface area contributed by atoms with Crippen LogP contribution in [-0.2, 0) is 11.0 Å². The number of hydrogen-bond donors (Lipinski definition) is 1. The highest BCUT2D eigenvalue weighted by atomic mass is 15.4. The van der Waals surface area contributed by atoms with Gasteiger partial charge in [-0.3, -0.25) is 0 Å². The molecule has 1 heterocycles. The first kappa shape index (κ1) is 22.0. The van der Waals surface area contributed by atoms with Crippen LogP contribution in [0.1, 0.15) is 55.6 Å². The lowest BCUT2D eigenvalue weighted by Crippen LogP contribution is -2.39. The Bertz CT molecular complexity index is 1000. The third-order valence-corrected chi connectivity index (χ3v) is 6.86. The standard InChI is InChI=1S/C28H32N4/c1-3-27(4-2,20-21-29)26-30-22-32(31-26)28(23-14-8-5-9-15-23,24-16-10-6-11-17-24)25-18-12-7-13-19-25/h5-19,22H,3-4,20-21,29H2,1-2H3. The van der Waals surface area contributed by atoms with Gasteiger partial charge in [0.1, 0.15) is 11.9 Å². The molecule has 0 amide bonds. The number of aromatic nitrogens is 3. The summed E-state index contributed by atoms with van der Waals surface area (Å²) in [7, 11) is 0. The molecule has 0 aliphatic rings. The summed E-state index contributed by atoms with van der Waals surface area (Å²) in [5.74, 6) is 0.875. The second-order valence-corrected chi connectivity index (χ2v) is 8.35. The molecule has 0 unspecified atom stereocenters. The quantitative estimate of drug-likeness (QED) is 0.360. The maximum Gasteiger partial charge on any atom is 0.156 e. The molecule has 0 radical (unpaired) electrons. The van der Waals surface area contributed by atoms with Crippen LogP contribution >= 0.6 is 0 Å². The lowest BCUT2D eigenvalue weighted by atomic mass is 9.77.